The van der Waals surface area contributed by atoms with Gasteiger partial charge in [-0.05, 0) is 18.9 Å². The third-order valence-electron chi connectivity index (χ3n) is 1.59. The van der Waals surface area contributed by atoms with Gasteiger partial charge in [0.15, 0.2) is 0 Å². The van der Waals surface area contributed by atoms with Gasteiger partial charge in [-0.3, -0.25) is 10.1 Å². The van der Waals surface area contributed by atoms with Crippen LogP contribution in [0.1, 0.15) is 19.8 Å². The summed E-state index contributed by atoms with van der Waals surface area (Å²) in [6.07, 6.45) is 4.97. The maximum atomic E-state index is 10.2. The highest BCUT2D eigenvalue weighted by Crippen LogP contribution is 2.19. The molecule has 0 saturated carbocycles. The maximum Gasteiger partial charge on any atom is 0.265 e. The molecule has 0 spiro atoms. The average Bonchev–Trinajstić information content (AvgIpc) is 2.34. The summed E-state index contributed by atoms with van der Waals surface area (Å²) in [6, 6.07) is 0. The molecule has 1 aliphatic carbocycles. The zero-order valence-electron chi connectivity index (χ0n) is 5.83. The van der Waals surface area contributed by atoms with Crippen molar-refractivity contribution in [1.82, 2.24) is 0 Å². The van der Waals surface area contributed by atoms with Gasteiger partial charge in [0.1, 0.15) is 0 Å². The van der Waals surface area contributed by atoms with E-state index < -0.39 is 0 Å². The van der Waals surface area contributed by atoms with Crippen LogP contribution in [0.4, 0.5) is 0 Å². The van der Waals surface area contributed by atoms with E-state index in [1.165, 1.54) is 0 Å². The fourth-order valence-electron chi connectivity index (χ4n) is 0.936. The zero-order chi connectivity index (χ0) is 7.56. The molecule has 0 aromatic carbocycles. The monoisotopic (exact) mass is 139 g/mol. The lowest BCUT2D eigenvalue weighted by Crippen LogP contribution is -1.91. The van der Waals surface area contributed by atoms with Crippen LogP contribution in [0, 0.1) is 10.1 Å². The van der Waals surface area contributed by atoms with Gasteiger partial charge in [-0.25, -0.2) is 0 Å². The number of nitrogens with zero attached hydrogens (tertiary/aromatic N) is 1. The van der Waals surface area contributed by atoms with Gasteiger partial charge in [0.05, 0.1) is 4.92 Å². The first kappa shape index (κ1) is 6.99. The van der Waals surface area contributed by atoms with Crippen molar-refractivity contribution in [2.45, 2.75) is 19.8 Å². The molecule has 0 N–H and O–H groups in total. The van der Waals surface area contributed by atoms with Gasteiger partial charge in [0.25, 0.3) is 5.70 Å². The average molecular weight is 139 g/mol. The standard InChI is InChI=1S/C7H9NO2/c1-2-6-3-4-7(5-6)8(9)10/h4-5H,2-3H2,1H3. The van der Waals surface area contributed by atoms with Crippen LogP contribution in [-0.2, 0) is 0 Å². The Balaban J connectivity index is 2.68. The Morgan fingerprint density at radius 3 is 2.80 bits per heavy atom. The molecule has 1 aliphatic rings. The summed E-state index contributed by atoms with van der Waals surface area (Å²) in [5.41, 5.74) is 1.39. The van der Waals surface area contributed by atoms with Crippen molar-refractivity contribution in [3.8, 4) is 0 Å². The highest BCUT2D eigenvalue weighted by molar-refractivity contribution is 5.27. The van der Waals surface area contributed by atoms with Crippen molar-refractivity contribution in [2.24, 2.45) is 0 Å². The fraction of sp³-hybridized carbons (Fsp3) is 0.429. The number of rotatable bonds is 2. The first-order valence-electron chi connectivity index (χ1n) is 3.28. The van der Waals surface area contributed by atoms with Crippen LogP contribution in [0.25, 0.3) is 0 Å². The molecular weight excluding hydrogens is 130 g/mol. The van der Waals surface area contributed by atoms with E-state index in [1.54, 1.807) is 12.2 Å². The summed E-state index contributed by atoms with van der Waals surface area (Å²) in [7, 11) is 0. The molecule has 0 fully saturated rings. The van der Waals surface area contributed by atoms with E-state index in [0.717, 1.165) is 18.4 Å². The number of nitro groups is 1. The van der Waals surface area contributed by atoms with Crippen LogP contribution in [0.15, 0.2) is 23.4 Å². The minimum Gasteiger partial charge on any atom is -0.258 e. The van der Waals surface area contributed by atoms with Crippen molar-refractivity contribution in [3.05, 3.63) is 33.5 Å². The predicted octanol–water partition coefficient (Wildman–Crippen LogP) is 1.89. The van der Waals surface area contributed by atoms with Gasteiger partial charge in [-0.2, -0.15) is 0 Å². The summed E-state index contributed by atoms with van der Waals surface area (Å²) >= 11 is 0. The molecule has 1 rings (SSSR count). The Hall–Kier alpha value is -1.12. The topological polar surface area (TPSA) is 43.1 Å². The van der Waals surface area contributed by atoms with Gasteiger partial charge in [-0.1, -0.05) is 12.5 Å². The summed E-state index contributed by atoms with van der Waals surface area (Å²) < 4.78 is 0. The molecule has 0 unspecified atom stereocenters. The molecule has 0 radical (unpaired) electrons. The molecule has 0 amide bonds. The third kappa shape index (κ3) is 1.23. The normalized spacial score (nSPS) is 16.5. The highest BCUT2D eigenvalue weighted by Gasteiger charge is 2.13. The van der Waals surface area contributed by atoms with Crippen LogP contribution in [0.3, 0.4) is 0 Å². The molecule has 0 saturated heterocycles. The lowest BCUT2D eigenvalue weighted by atomic mass is 10.2. The molecule has 54 valence electrons. The Bertz CT molecular complexity index is 216. The molecule has 0 aliphatic heterocycles. The highest BCUT2D eigenvalue weighted by atomic mass is 16.6. The number of hydrogen-bond donors (Lipinski definition) is 0. The molecule has 0 aromatic heterocycles. The Kier molecular flexibility index (Phi) is 1.85. The van der Waals surface area contributed by atoms with E-state index in [4.69, 9.17) is 0 Å². The molecule has 0 atom stereocenters. The van der Waals surface area contributed by atoms with Crippen molar-refractivity contribution >= 4 is 0 Å². The minimum atomic E-state index is -0.345. The van der Waals surface area contributed by atoms with Crippen molar-refractivity contribution < 1.29 is 4.92 Å². The second kappa shape index (κ2) is 2.64. The zero-order valence-corrected chi connectivity index (χ0v) is 5.83. The second-order valence-electron chi connectivity index (χ2n) is 2.25. The van der Waals surface area contributed by atoms with Gasteiger partial charge in [0.2, 0.25) is 0 Å². The summed E-state index contributed by atoms with van der Waals surface area (Å²) in [6.45, 7) is 2.00. The predicted molar refractivity (Wildman–Crippen MR) is 38.1 cm³/mol. The van der Waals surface area contributed by atoms with Gasteiger partial charge in [-0.15, -0.1) is 0 Å². The van der Waals surface area contributed by atoms with Crippen LogP contribution < -0.4 is 0 Å². The van der Waals surface area contributed by atoms with E-state index in [-0.39, 0.29) is 10.6 Å². The fourth-order valence-corrected chi connectivity index (χ4v) is 0.936. The first-order valence-corrected chi connectivity index (χ1v) is 3.28. The third-order valence-corrected chi connectivity index (χ3v) is 1.59. The first-order chi connectivity index (χ1) is 4.74. The molecule has 3 heteroatoms. The Morgan fingerprint density at radius 2 is 2.50 bits per heavy atom. The van der Waals surface area contributed by atoms with Crippen LogP contribution in [0.2, 0.25) is 0 Å². The van der Waals surface area contributed by atoms with Crippen molar-refractivity contribution in [2.75, 3.05) is 0 Å². The molecule has 10 heavy (non-hydrogen) atoms. The summed E-state index contributed by atoms with van der Waals surface area (Å²) in [4.78, 5) is 9.81. The SMILES string of the molecule is CCC1=CC([N+](=O)[O-])=CC1. The number of allylic oxidation sites excluding steroid dienone is 3. The molecule has 3 nitrogen and oxygen atoms in total. The van der Waals surface area contributed by atoms with Gasteiger partial charge >= 0.3 is 0 Å². The quantitative estimate of drug-likeness (QED) is 0.433. The molecule has 0 bridgehead atoms. The minimum absolute atomic E-state index is 0.247. The molecule has 0 aromatic rings. The number of hydrogen-bond acceptors (Lipinski definition) is 2. The Morgan fingerprint density at radius 1 is 1.80 bits per heavy atom. The van der Waals surface area contributed by atoms with E-state index in [1.807, 2.05) is 6.92 Å². The van der Waals surface area contributed by atoms with E-state index >= 15 is 0 Å². The second-order valence-corrected chi connectivity index (χ2v) is 2.25. The summed E-state index contributed by atoms with van der Waals surface area (Å²) in [5.74, 6) is 0. The van der Waals surface area contributed by atoms with E-state index in [0.29, 0.717) is 0 Å². The summed E-state index contributed by atoms with van der Waals surface area (Å²) in [5, 5.41) is 10.2. The van der Waals surface area contributed by atoms with Gasteiger partial charge < -0.3 is 0 Å². The Labute approximate surface area is 59.2 Å². The smallest absolute Gasteiger partial charge is 0.258 e. The van der Waals surface area contributed by atoms with Gasteiger partial charge in [0, 0.05) is 6.08 Å². The van der Waals surface area contributed by atoms with Crippen LogP contribution >= 0.6 is 0 Å². The van der Waals surface area contributed by atoms with E-state index in [2.05, 4.69) is 0 Å². The molecule has 0 heterocycles. The lowest BCUT2D eigenvalue weighted by Gasteiger charge is -1.88. The largest absolute Gasteiger partial charge is 0.265 e. The van der Waals surface area contributed by atoms with Crippen LogP contribution in [-0.4, -0.2) is 4.92 Å². The van der Waals surface area contributed by atoms with Crippen LogP contribution in [0.5, 0.6) is 0 Å². The van der Waals surface area contributed by atoms with E-state index in [9.17, 15) is 10.1 Å². The maximum absolute atomic E-state index is 10.2. The van der Waals surface area contributed by atoms with Crippen molar-refractivity contribution in [1.29, 1.82) is 0 Å². The van der Waals surface area contributed by atoms with Crippen molar-refractivity contribution in [3.63, 3.8) is 0 Å². The lowest BCUT2D eigenvalue weighted by molar-refractivity contribution is -0.418. The molecular formula is C7H9NO2.